The van der Waals surface area contributed by atoms with Crippen LogP contribution in [0, 0.1) is 6.92 Å². The van der Waals surface area contributed by atoms with Crippen molar-refractivity contribution in [1.82, 2.24) is 4.90 Å². The first-order chi connectivity index (χ1) is 8.98. The van der Waals surface area contributed by atoms with Gasteiger partial charge in [0.1, 0.15) is 0 Å². The van der Waals surface area contributed by atoms with Crippen LogP contribution in [0.1, 0.15) is 25.8 Å². The van der Waals surface area contributed by atoms with Gasteiger partial charge in [0.15, 0.2) is 0 Å². The molecule has 19 heavy (non-hydrogen) atoms. The first kappa shape index (κ1) is 14.4. The van der Waals surface area contributed by atoms with Gasteiger partial charge in [0, 0.05) is 38.4 Å². The number of aryl methyl sites for hydroxylation is 1. The van der Waals surface area contributed by atoms with Crippen LogP contribution in [0.25, 0.3) is 0 Å². The molecule has 1 fully saturated rings. The van der Waals surface area contributed by atoms with E-state index in [1.165, 1.54) is 11.3 Å². The summed E-state index contributed by atoms with van der Waals surface area (Å²) in [5.41, 5.74) is 8.78. The molecular weight excluding hydrogens is 234 g/mol. The lowest BCUT2D eigenvalue weighted by molar-refractivity contribution is 0.255. The topological polar surface area (TPSA) is 32.5 Å². The van der Waals surface area contributed by atoms with E-state index in [-0.39, 0.29) is 5.54 Å². The molecule has 1 saturated heterocycles. The van der Waals surface area contributed by atoms with Crippen molar-refractivity contribution in [3.63, 3.8) is 0 Å². The Balaban J connectivity index is 2.20. The van der Waals surface area contributed by atoms with Crippen molar-refractivity contribution in [3.05, 3.63) is 29.8 Å². The number of nitrogens with two attached hydrogens (primary N) is 1. The molecule has 0 saturated carbocycles. The number of likely N-dealkylation sites (tertiary alicyclic amines) is 1. The first-order valence-electron chi connectivity index (χ1n) is 7.23. The standard InChI is InChI=1S/C16H27N3/c1-13(2)19-10-9-16(11-17,12-19)18(4)15-7-5-14(3)6-8-15/h5-8,13H,9-12,17H2,1-4H3. The summed E-state index contributed by atoms with van der Waals surface area (Å²) < 4.78 is 0. The molecule has 3 heteroatoms. The SMILES string of the molecule is Cc1ccc(N(C)C2(CN)CCN(C(C)C)C2)cc1. The van der Waals surface area contributed by atoms with Gasteiger partial charge in [-0.2, -0.15) is 0 Å². The molecule has 1 aromatic carbocycles. The van der Waals surface area contributed by atoms with Crippen molar-refractivity contribution in [2.45, 2.75) is 38.8 Å². The zero-order chi connectivity index (χ0) is 14.0. The molecule has 106 valence electrons. The van der Waals surface area contributed by atoms with E-state index in [1.807, 2.05) is 0 Å². The van der Waals surface area contributed by atoms with Gasteiger partial charge in [0.05, 0.1) is 5.54 Å². The van der Waals surface area contributed by atoms with Gasteiger partial charge in [0.25, 0.3) is 0 Å². The maximum Gasteiger partial charge on any atom is 0.0659 e. The second-order valence-corrected chi connectivity index (χ2v) is 6.14. The molecule has 0 radical (unpaired) electrons. The van der Waals surface area contributed by atoms with Crippen molar-refractivity contribution in [3.8, 4) is 0 Å². The summed E-state index contributed by atoms with van der Waals surface area (Å²) in [6.07, 6.45) is 1.14. The molecule has 0 spiro atoms. The minimum Gasteiger partial charge on any atom is -0.366 e. The Labute approximate surface area is 117 Å². The second-order valence-electron chi connectivity index (χ2n) is 6.14. The maximum atomic E-state index is 6.13. The molecule has 1 heterocycles. The Morgan fingerprint density at radius 1 is 1.32 bits per heavy atom. The highest BCUT2D eigenvalue weighted by Gasteiger charge is 2.41. The zero-order valence-corrected chi connectivity index (χ0v) is 12.7. The predicted molar refractivity (Wildman–Crippen MR) is 82.7 cm³/mol. The number of benzene rings is 1. The molecule has 2 N–H and O–H groups in total. The lowest BCUT2D eigenvalue weighted by Gasteiger charge is -2.40. The third kappa shape index (κ3) is 2.77. The number of anilines is 1. The minimum absolute atomic E-state index is 0.0829. The summed E-state index contributed by atoms with van der Waals surface area (Å²) >= 11 is 0. The molecule has 0 bridgehead atoms. The predicted octanol–water partition coefficient (Wildman–Crippen LogP) is 2.24. The average molecular weight is 261 g/mol. The molecule has 1 unspecified atom stereocenters. The van der Waals surface area contributed by atoms with Crippen molar-refractivity contribution in [1.29, 1.82) is 0 Å². The Hall–Kier alpha value is -1.06. The molecule has 0 aromatic heterocycles. The van der Waals surface area contributed by atoms with E-state index in [4.69, 9.17) is 5.73 Å². The largest absolute Gasteiger partial charge is 0.366 e. The summed E-state index contributed by atoms with van der Waals surface area (Å²) in [5, 5.41) is 0. The molecule has 1 aliphatic heterocycles. The number of likely N-dealkylation sites (N-methyl/N-ethyl adjacent to an activating group) is 1. The summed E-state index contributed by atoms with van der Waals surface area (Å²) in [4.78, 5) is 4.91. The Kier molecular flexibility index (Phi) is 4.16. The smallest absolute Gasteiger partial charge is 0.0659 e. The normalized spacial score (nSPS) is 24.1. The van der Waals surface area contributed by atoms with E-state index in [2.05, 4.69) is 61.9 Å². The monoisotopic (exact) mass is 261 g/mol. The molecule has 0 amide bonds. The van der Waals surface area contributed by atoms with Gasteiger partial charge in [-0.15, -0.1) is 0 Å². The van der Waals surface area contributed by atoms with E-state index in [0.717, 1.165) is 19.5 Å². The van der Waals surface area contributed by atoms with Crippen molar-refractivity contribution in [2.24, 2.45) is 5.73 Å². The van der Waals surface area contributed by atoms with Crippen LogP contribution >= 0.6 is 0 Å². The number of hydrogen-bond donors (Lipinski definition) is 1. The summed E-state index contributed by atoms with van der Waals surface area (Å²) in [6.45, 7) is 9.56. The fraction of sp³-hybridized carbons (Fsp3) is 0.625. The number of nitrogens with zero attached hydrogens (tertiary/aromatic N) is 2. The lowest BCUT2D eigenvalue weighted by Crippen LogP contribution is -2.54. The minimum atomic E-state index is 0.0829. The Bertz CT molecular complexity index is 413. The van der Waals surface area contributed by atoms with Gasteiger partial charge in [-0.1, -0.05) is 17.7 Å². The highest BCUT2D eigenvalue weighted by molar-refractivity contribution is 5.50. The highest BCUT2D eigenvalue weighted by Crippen LogP contribution is 2.31. The van der Waals surface area contributed by atoms with E-state index < -0.39 is 0 Å². The summed E-state index contributed by atoms with van der Waals surface area (Å²) in [5.74, 6) is 0. The van der Waals surface area contributed by atoms with Gasteiger partial charge >= 0.3 is 0 Å². The van der Waals surface area contributed by atoms with Gasteiger partial charge in [-0.3, -0.25) is 4.90 Å². The molecule has 3 nitrogen and oxygen atoms in total. The Morgan fingerprint density at radius 3 is 2.42 bits per heavy atom. The van der Waals surface area contributed by atoms with E-state index in [9.17, 15) is 0 Å². The third-order valence-corrected chi connectivity index (χ3v) is 4.60. The van der Waals surface area contributed by atoms with Crippen molar-refractivity contribution >= 4 is 5.69 Å². The number of hydrogen-bond acceptors (Lipinski definition) is 3. The van der Waals surface area contributed by atoms with Crippen LogP contribution in [0.5, 0.6) is 0 Å². The molecule has 0 aliphatic carbocycles. The fourth-order valence-corrected chi connectivity index (χ4v) is 2.95. The van der Waals surface area contributed by atoms with Crippen LogP contribution in [0.15, 0.2) is 24.3 Å². The van der Waals surface area contributed by atoms with Crippen molar-refractivity contribution in [2.75, 3.05) is 31.6 Å². The Morgan fingerprint density at radius 2 is 1.95 bits per heavy atom. The molecular formula is C16H27N3. The van der Waals surface area contributed by atoms with Crippen LogP contribution in [0.3, 0.4) is 0 Å². The summed E-state index contributed by atoms with van der Waals surface area (Å²) in [7, 11) is 2.18. The summed E-state index contributed by atoms with van der Waals surface area (Å²) in [6, 6.07) is 9.34. The lowest BCUT2D eigenvalue weighted by atomic mass is 9.95. The quantitative estimate of drug-likeness (QED) is 0.902. The highest BCUT2D eigenvalue weighted by atomic mass is 15.3. The van der Waals surface area contributed by atoms with Crippen LogP contribution in [0.4, 0.5) is 5.69 Å². The van der Waals surface area contributed by atoms with Gasteiger partial charge < -0.3 is 10.6 Å². The average Bonchev–Trinajstić information content (AvgIpc) is 2.85. The van der Waals surface area contributed by atoms with Gasteiger partial charge in [-0.05, 0) is 39.3 Å². The van der Waals surface area contributed by atoms with Crippen LogP contribution in [-0.4, -0.2) is 43.2 Å². The number of rotatable bonds is 4. The third-order valence-electron chi connectivity index (χ3n) is 4.60. The van der Waals surface area contributed by atoms with Gasteiger partial charge in [-0.25, -0.2) is 0 Å². The zero-order valence-electron chi connectivity index (χ0n) is 12.7. The van der Waals surface area contributed by atoms with Crippen LogP contribution < -0.4 is 10.6 Å². The van der Waals surface area contributed by atoms with Crippen LogP contribution in [0.2, 0.25) is 0 Å². The van der Waals surface area contributed by atoms with Crippen molar-refractivity contribution < 1.29 is 0 Å². The van der Waals surface area contributed by atoms with Gasteiger partial charge in [0.2, 0.25) is 0 Å². The van der Waals surface area contributed by atoms with E-state index in [1.54, 1.807) is 0 Å². The van der Waals surface area contributed by atoms with E-state index in [0.29, 0.717) is 12.6 Å². The first-order valence-corrected chi connectivity index (χ1v) is 7.23. The maximum absolute atomic E-state index is 6.13. The molecule has 2 rings (SSSR count). The van der Waals surface area contributed by atoms with E-state index >= 15 is 0 Å². The van der Waals surface area contributed by atoms with Crippen LogP contribution in [-0.2, 0) is 0 Å². The molecule has 1 aliphatic rings. The second kappa shape index (κ2) is 5.51. The fourth-order valence-electron chi connectivity index (χ4n) is 2.95. The molecule has 1 aromatic rings. The molecule has 1 atom stereocenters.